The maximum atomic E-state index is 14.6. The molecule has 1 heterocycles. The quantitative estimate of drug-likeness (QED) is 0.517. The van der Waals surface area contributed by atoms with E-state index in [1.165, 1.54) is 24.3 Å². The summed E-state index contributed by atoms with van der Waals surface area (Å²) in [6.45, 7) is 0.00842. The Balaban J connectivity index is 1.61. The summed E-state index contributed by atoms with van der Waals surface area (Å²) in [5.41, 5.74) is 7.01. The number of nitrogens with two attached hydrogens (primary N) is 1. The number of rotatable bonds is 8. The predicted octanol–water partition coefficient (Wildman–Crippen LogP) is 4.03. The number of nitrogen functional groups attached to an aromatic ring is 1. The van der Waals surface area contributed by atoms with E-state index in [4.69, 9.17) is 5.73 Å². The fourth-order valence-electron chi connectivity index (χ4n) is 3.28. The van der Waals surface area contributed by atoms with Crippen LogP contribution in [0.3, 0.4) is 0 Å². The van der Waals surface area contributed by atoms with Crippen LogP contribution in [-0.2, 0) is 22.5 Å². The van der Waals surface area contributed by atoms with Gasteiger partial charge in [-0.25, -0.2) is 18.6 Å². The van der Waals surface area contributed by atoms with Crippen LogP contribution in [0, 0.1) is 11.6 Å². The summed E-state index contributed by atoms with van der Waals surface area (Å²) in [7, 11) is 1.15. The number of carbonyl (C=O) groups is 2. The van der Waals surface area contributed by atoms with E-state index in [-0.39, 0.29) is 35.6 Å². The van der Waals surface area contributed by atoms with Crippen molar-refractivity contribution in [3.05, 3.63) is 83.1 Å². The number of hydrogen-bond donors (Lipinski definition) is 2. The third-order valence-corrected chi connectivity index (χ3v) is 4.91. The molecule has 0 aliphatic heterocycles. The second-order valence-corrected chi connectivity index (χ2v) is 7.14. The van der Waals surface area contributed by atoms with E-state index in [1.54, 1.807) is 12.1 Å². The zero-order valence-corrected chi connectivity index (χ0v) is 17.5. The number of pyridine rings is 1. The Labute approximate surface area is 184 Å². The van der Waals surface area contributed by atoms with Gasteiger partial charge < -0.3 is 15.8 Å². The molecule has 1 amide bonds. The molecule has 0 saturated heterocycles. The van der Waals surface area contributed by atoms with Gasteiger partial charge in [-0.2, -0.15) is 0 Å². The van der Waals surface area contributed by atoms with Gasteiger partial charge in [0.2, 0.25) is 5.91 Å². The lowest BCUT2D eigenvalue weighted by Crippen LogP contribution is -2.23. The molecule has 0 radical (unpaired) electrons. The summed E-state index contributed by atoms with van der Waals surface area (Å²) in [6, 6.07) is 13.7. The number of benzene rings is 2. The van der Waals surface area contributed by atoms with E-state index >= 15 is 0 Å². The molecule has 166 valence electrons. The number of esters is 1. The van der Waals surface area contributed by atoms with Crippen LogP contribution in [0.5, 0.6) is 0 Å². The van der Waals surface area contributed by atoms with Crippen molar-refractivity contribution in [2.75, 3.05) is 12.8 Å². The Kier molecular flexibility index (Phi) is 7.49. The van der Waals surface area contributed by atoms with Gasteiger partial charge in [0.1, 0.15) is 23.0 Å². The molecule has 1 aromatic heterocycles. The molecule has 0 aliphatic rings. The molecule has 0 aliphatic carbocycles. The van der Waals surface area contributed by atoms with Gasteiger partial charge in [-0.15, -0.1) is 0 Å². The second-order valence-electron chi connectivity index (χ2n) is 7.14. The van der Waals surface area contributed by atoms with E-state index in [2.05, 4.69) is 15.0 Å². The van der Waals surface area contributed by atoms with Gasteiger partial charge in [0, 0.05) is 24.2 Å². The van der Waals surface area contributed by atoms with Crippen LogP contribution in [0.2, 0.25) is 0 Å². The number of hydrogen-bond acceptors (Lipinski definition) is 5. The molecule has 6 nitrogen and oxygen atoms in total. The first-order valence-electron chi connectivity index (χ1n) is 10.0. The lowest BCUT2D eigenvalue weighted by molar-refractivity contribution is -0.121. The standard InChI is InChI=1S/C24H23F2N3O3/c1-32-24(31)23-18(7-4-8-19(23)25)15-11-12-16(20(26)13-15)14-28-22(30)10-3-6-17-5-2-9-21(27)29-17/h2,4-5,7-9,11-13H,3,6,10,14H2,1H3,(H2,27,29)(H,28,30). The summed E-state index contributed by atoms with van der Waals surface area (Å²) in [5.74, 6) is -1.95. The molecule has 0 saturated carbocycles. The number of nitrogens with one attached hydrogen (secondary N) is 1. The summed E-state index contributed by atoms with van der Waals surface area (Å²) in [6.07, 6.45) is 1.46. The van der Waals surface area contributed by atoms with Crippen molar-refractivity contribution in [2.24, 2.45) is 0 Å². The number of methoxy groups -OCH3 is 1. The molecule has 32 heavy (non-hydrogen) atoms. The molecule has 2 aromatic carbocycles. The fourth-order valence-corrected chi connectivity index (χ4v) is 3.28. The van der Waals surface area contributed by atoms with Crippen LogP contribution >= 0.6 is 0 Å². The smallest absolute Gasteiger partial charge is 0.341 e. The Morgan fingerprint density at radius 2 is 1.84 bits per heavy atom. The monoisotopic (exact) mass is 439 g/mol. The lowest BCUT2D eigenvalue weighted by Gasteiger charge is -2.11. The van der Waals surface area contributed by atoms with Crippen LogP contribution in [0.4, 0.5) is 14.6 Å². The highest BCUT2D eigenvalue weighted by Gasteiger charge is 2.19. The van der Waals surface area contributed by atoms with Gasteiger partial charge in [-0.3, -0.25) is 4.79 Å². The Morgan fingerprint density at radius 3 is 2.56 bits per heavy atom. The van der Waals surface area contributed by atoms with Gasteiger partial charge in [0.15, 0.2) is 0 Å². The highest BCUT2D eigenvalue weighted by Crippen LogP contribution is 2.28. The normalized spacial score (nSPS) is 10.6. The number of ether oxygens (including phenoxy) is 1. The van der Waals surface area contributed by atoms with E-state index in [0.29, 0.717) is 24.2 Å². The van der Waals surface area contributed by atoms with Crippen LogP contribution in [0.25, 0.3) is 11.1 Å². The van der Waals surface area contributed by atoms with Crippen molar-refractivity contribution in [3.8, 4) is 11.1 Å². The van der Waals surface area contributed by atoms with Crippen molar-refractivity contribution in [3.63, 3.8) is 0 Å². The van der Waals surface area contributed by atoms with Crippen molar-refractivity contribution >= 4 is 17.7 Å². The summed E-state index contributed by atoms with van der Waals surface area (Å²) >= 11 is 0. The number of anilines is 1. The van der Waals surface area contributed by atoms with Gasteiger partial charge in [0.25, 0.3) is 0 Å². The van der Waals surface area contributed by atoms with Crippen LogP contribution in [-0.4, -0.2) is 24.0 Å². The van der Waals surface area contributed by atoms with Gasteiger partial charge in [-0.1, -0.05) is 30.3 Å². The molecule has 0 atom stereocenters. The van der Waals surface area contributed by atoms with Crippen LogP contribution in [0.15, 0.2) is 54.6 Å². The van der Waals surface area contributed by atoms with Crippen LogP contribution < -0.4 is 11.1 Å². The van der Waals surface area contributed by atoms with Gasteiger partial charge in [-0.05, 0) is 48.2 Å². The minimum absolute atomic E-state index is 0.00842. The molecule has 3 rings (SSSR count). The third kappa shape index (κ3) is 5.66. The predicted molar refractivity (Wildman–Crippen MR) is 117 cm³/mol. The van der Waals surface area contributed by atoms with Gasteiger partial charge >= 0.3 is 5.97 Å². The Bertz CT molecular complexity index is 1140. The molecule has 3 N–H and O–H groups in total. The minimum Gasteiger partial charge on any atom is -0.465 e. The Morgan fingerprint density at radius 1 is 1.06 bits per heavy atom. The number of halogens is 2. The molecule has 0 unspecified atom stereocenters. The molecule has 0 spiro atoms. The molecule has 0 bridgehead atoms. The molecule has 8 heteroatoms. The average Bonchev–Trinajstić information content (AvgIpc) is 2.77. The largest absolute Gasteiger partial charge is 0.465 e. The molecule has 0 fully saturated rings. The molecular weight excluding hydrogens is 416 g/mol. The van der Waals surface area contributed by atoms with Crippen molar-refractivity contribution < 1.29 is 23.1 Å². The van der Waals surface area contributed by atoms with E-state index in [1.807, 2.05) is 12.1 Å². The zero-order chi connectivity index (χ0) is 23.1. The highest BCUT2D eigenvalue weighted by atomic mass is 19.1. The number of carbonyl (C=O) groups excluding carboxylic acids is 2. The molecular formula is C24H23F2N3O3. The summed E-state index contributed by atoms with van der Waals surface area (Å²) in [4.78, 5) is 28.2. The topological polar surface area (TPSA) is 94.3 Å². The minimum atomic E-state index is -0.844. The van der Waals surface area contributed by atoms with E-state index in [0.717, 1.165) is 18.9 Å². The third-order valence-electron chi connectivity index (χ3n) is 4.91. The summed E-state index contributed by atoms with van der Waals surface area (Å²) < 4.78 is 33.4. The van der Waals surface area contributed by atoms with Crippen molar-refractivity contribution in [2.45, 2.75) is 25.8 Å². The second kappa shape index (κ2) is 10.5. The zero-order valence-electron chi connectivity index (χ0n) is 17.5. The maximum Gasteiger partial charge on any atom is 0.341 e. The number of aryl methyl sites for hydroxylation is 1. The first-order chi connectivity index (χ1) is 15.4. The van der Waals surface area contributed by atoms with E-state index < -0.39 is 17.6 Å². The SMILES string of the molecule is COC(=O)c1c(F)cccc1-c1ccc(CNC(=O)CCCc2cccc(N)n2)c(F)c1. The fraction of sp³-hybridized carbons (Fsp3) is 0.208. The molecule has 3 aromatic rings. The maximum absolute atomic E-state index is 14.6. The highest BCUT2D eigenvalue weighted by molar-refractivity contribution is 5.97. The first kappa shape index (κ1) is 22.9. The number of amides is 1. The Hall–Kier alpha value is -3.81. The average molecular weight is 439 g/mol. The lowest BCUT2D eigenvalue weighted by atomic mass is 9.98. The van der Waals surface area contributed by atoms with Gasteiger partial charge in [0.05, 0.1) is 7.11 Å². The number of aromatic nitrogens is 1. The van der Waals surface area contributed by atoms with Crippen LogP contribution in [0.1, 0.15) is 34.5 Å². The summed E-state index contributed by atoms with van der Waals surface area (Å²) in [5, 5.41) is 2.69. The number of nitrogens with zero attached hydrogens (tertiary/aromatic N) is 1. The first-order valence-corrected chi connectivity index (χ1v) is 10.0. The van der Waals surface area contributed by atoms with E-state index in [9.17, 15) is 18.4 Å². The van der Waals surface area contributed by atoms with Crippen molar-refractivity contribution in [1.29, 1.82) is 0 Å². The van der Waals surface area contributed by atoms with Crippen molar-refractivity contribution in [1.82, 2.24) is 10.3 Å².